The highest BCUT2D eigenvalue weighted by atomic mass is 35.5. The molecule has 0 radical (unpaired) electrons. The number of nitro benzene ring substituents is 1. The second kappa shape index (κ2) is 7.70. The lowest BCUT2D eigenvalue weighted by atomic mass is 10.2. The predicted octanol–water partition coefficient (Wildman–Crippen LogP) is 2.67. The molecule has 112 valence electrons. The van der Waals surface area contributed by atoms with Crippen LogP contribution in [0.4, 0.5) is 5.69 Å². The van der Waals surface area contributed by atoms with Crippen molar-refractivity contribution >= 4 is 34.3 Å². The van der Waals surface area contributed by atoms with Crippen LogP contribution in [0, 0.1) is 10.1 Å². The van der Waals surface area contributed by atoms with Gasteiger partial charge in [0.15, 0.2) is 0 Å². The van der Waals surface area contributed by atoms with Crippen molar-refractivity contribution < 1.29 is 9.72 Å². The molecule has 2 rings (SSSR count). The predicted molar refractivity (Wildman–Crippen MR) is 77.5 cm³/mol. The van der Waals surface area contributed by atoms with E-state index in [-0.39, 0.29) is 11.3 Å². The standard InChI is InChI=1S/C9H6ClN5O3S.C2H6/c1-14-9(11-12-13-14)19-7-3-2-5(15(17)18)4-6(7)8(10)16;1-2/h2-4H,1H3;1-2H3. The Morgan fingerprint density at radius 2 is 2.10 bits per heavy atom. The number of aryl methyl sites for hydroxylation is 1. The van der Waals surface area contributed by atoms with Gasteiger partial charge in [-0.1, -0.05) is 13.8 Å². The number of hydrogen-bond donors (Lipinski definition) is 0. The van der Waals surface area contributed by atoms with E-state index in [2.05, 4.69) is 15.5 Å². The summed E-state index contributed by atoms with van der Waals surface area (Å²) in [7, 11) is 1.63. The minimum Gasteiger partial charge on any atom is -0.276 e. The number of carbonyl (C=O) groups is 1. The Balaban J connectivity index is 0.00000106. The third-order valence-electron chi connectivity index (χ3n) is 2.17. The van der Waals surface area contributed by atoms with Crippen molar-refractivity contribution in [1.82, 2.24) is 20.2 Å². The molecule has 0 saturated heterocycles. The van der Waals surface area contributed by atoms with E-state index in [0.717, 1.165) is 17.8 Å². The summed E-state index contributed by atoms with van der Waals surface area (Å²) in [5, 5.41) is 21.2. The lowest BCUT2D eigenvalue weighted by Crippen LogP contribution is -1.98. The number of rotatable bonds is 4. The first-order valence-corrected chi connectivity index (χ1v) is 7.07. The van der Waals surface area contributed by atoms with E-state index in [1.54, 1.807) is 7.05 Å². The lowest BCUT2D eigenvalue weighted by molar-refractivity contribution is -0.384. The average Bonchev–Trinajstić information content (AvgIpc) is 2.86. The summed E-state index contributed by atoms with van der Waals surface area (Å²) in [5.41, 5.74) is -0.159. The number of nitrogens with zero attached hydrogens (tertiary/aromatic N) is 5. The van der Waals surface area contributed by atoms with Gasteiger partial charge in [-0.05, 0) is 39.9 Å². The Hall–Kier alpha value is -2.00. The minimum atomic E-state index is -0.777. The molecule has 21 heavy (non-hydrogen) atoms. The maximum absolute atomic E-state index is 11.3. The Kier molecular flexibility index (Phi) is 6.25. The van der Waals surface area contributed by atoms with E-state index in [1.165, 1.54) is 16.8 Å². The highest BCUT2D eigenvalue weighted by Gasteiger charge is 2.17. The third kappa shape index (κ3) is 4.23. The summed E-state index contributed by atoms with van der Waals surface area (Å²) in [6.07, 6.45) is 0. The zero-order chi connectivity index (χ0) is 16.0. The van der Waals surface area contributed by atoms with Crippen LogP contribution in [-0.4, -0.2) is 30.4 Å². The summed E-state index contributed by atoms with van der Waals surface area (Å²) >= 11 is 6.53. The van der Waals surface area contributed by atoms with Crippen LogP contribution in [0.25, 0.3) is 0 Å². The number of tetrazole rings is 1. The van der Waals surface area contributed by atoms with Gasteiger partial charge in [0, 0.05) is 24.1 Å². The highest BCUT2D eigenvalue weighted by Crippen LogP contribution is 2.31. The topological polar surface area (TPSA) is 104 Å². The summed E-state index contributed by atoms with van der Waals surface area (Å²) in [6, 6.07) is 3.85. The van der Waals surface area contributed by atoms with Crippen molar-refractivity contribution in [2.45, 2.75) is 23.9 Å². The summed E-state index contributed by atoms with van der Waals surface area (Å²) < 4.78 is 1.41. The fourth-order valence-corrected chi connectivity index (χ4v) is 2.33. The molecule has 0 aliphatic rings. The van der Waals surface area contributed by atoms with Crippen LogP contribution >= 0.6 is 23.4 Å². The van der Waals surface area contributed by atoms with Crippen molar-refractivity contribution in [1.29, 1.82) is 0 Å². The van der Waals surface area contributed by atoms with E-state index >= 15 is 0 Å². The van der Waals surface area contributed by atoms with E-state index in [0.29, 0.717) is 10.1 Å². The molecule has 10 heteroatoms. The maximum atomic E-state index is 11.3. The van der Waals surface area contributed by atoms with Gasteiger partial charge in [-0.3, -0.25) is 14.9 Å². The molecule has 0 fully saturated rings. The van der Waals surface area contributed by atoms with E-state index in [9.17, 15) is 14.9 Å². The monoisotopic (exact) mass is 329 g/mol. The fourth-order valence-electron chi connectivity index (χ4n) is 1.28. The van der Waals surface area contributed by atoms with Gasteiger partial charge in [0.2, 0.25) is 5.16 Å². The molecule has 0 N–H and O–H groups in total. The summed E-state index contributed by atoms with van der Waals surface area (Å²) in [5.74, 6) is 0. The SMILES string of the molecule is CC.Cn1nnnc1Sc1ccc([N+](=O)[O-])cc1C(=O)Cl. The molecule has 0 aliphatic carbocycles. The average molecular weight is 330 g/mol. The second-order valence-electron chi connectivity index (χ2n) is 3.40. The van der Waals surface area contributed by atoms with Gasteiger partial charge >= 0.3 is 0 Å². The van der Waals surface area contributed by atoms with Gasteiger partial charge in [0.25, 0.3) is 10.9 Å². The zero-order valence-electron chi connectivity index (χ0n) is 11.5. The van der Waals surface area contributed by atoms with Gasteiger partial charge in [-0.2, -0.15) is 0 Å². The van der Waals surface area contributed by atoms with Crippen molar-refractivity contribution in [2.24, 2.45) is 7.05 Å². The summed E-state index contributed by atoms with van der Waals surface area (Å²) in [4.78, 5) is 21.8. The van der Waals surface area contributed by atoms with Crippen LogP contribution in [0.3, 0.4) is 0 Å². The van der Waals surface area contributed by atoms with Crippen molar-refractivity contribution in [2.75, 3.05) is 0 Å². The summed E-state index contributed by atoms with van der Waals surface area (Å²) in [6.45, 7) is 4.00. The van der Waals surface area contributed by atoms with Crippen molar-refractivity contribution in [3.05, 3.63) is 33.9 Å². The molecule has 0 unspecified atom stereocenters. The molecule has 0 atom stereocenters. The fraction of sp³-hybridized carbons (Fsp3) is 0.273. The molecule has 0 spiro atoms. The van der Waals surface area contributed by atoms with E-state index in [4.69, 9.17) is 11.6 Å². The van der Waals surface area contributed by atoms with E-state index < -0.39 is 10.2 Å². The van der Waals surface area contributed by atoms with Crippen molar-refractivity contribution in [3.8, 4) is 0 Å². The van der Waals surface area contributed by atoms with E-state index in [1.807, 2.05) is 13.8 Å². The quantitative estimate of drug-likeness (QED) is 0.482. The number of benzene rings is 1. The number of aromatic nitrogens is 4. The molecule has 8 nitrogen and oxygen atoms in total. The Morgan fingerprint density at radius 3 is 2.57 bits per heavy atom. The maximum Gasteiger partial charge on any atom is 0.270 e. The van der Waals surface area contributed by atoms with Gasteiger partial charge in [-0.25, -0.2) is 4.68 Å². The van der Waals surface area contributed by atoms with Gasteiger partial charge < -0.3 is 0 Å². The number of non-ortho nitro benzene ring substituents is 1. The lowest BCUT2D eigenvalue weighted by Gasteiger charge is -2.04. The van der Waals surface area contributed by atoms with Crippen LogP contribution in [-0.2, 0) is 7.05 Å². The number of carbonyl (C=O) groups excluding carboxylic acids is 1. The molecule has 2 aromatic rings. The van der Waals surface area contributed by atoms with Crippen LogP contribution in [0.15, 0.2) is 28.3 Å². The van der Waals surface area contributed by atoms with Gasteiger partial charge in [-0.15, -0.1) is 5.10 Å². The zero-order valence-corrected chi connectivity index (χ0v) is 13.1. The Labute approximate surface area is 129 Å². The number of hydrogen-bond acceptors (Lipinski definition) is 7. The Bertz CT molecular complexity index is 661. The van der Waals surface area contributed by atoms with Gasteiger partial charge in [0.1, 0.15) is 0 Å². The highest BCUT2D eigenvalue weighted by molar-refractivity contribution is 7.99. The van der Waals surface area contributed by atoms with Crippen LogP contribution < -0.4 is 0 Å². The first kappa shape index (κ1) is 17.1. The van der Waals surface area contributed by atoms with Crippen LogP contribution in [0.2, 0.25) is 0 Å². The molecular weight excluding hydrogens is 318 g/mol. The van der Waals surface area contributed by atoms with Crippen LogP contribution in [0.1, 0.15) is 24.2 Å². The largest absolute Gasteiger partial charge is 0.276 e. The first-order chi connectivity index (χ1) is 9.99. The second-order valence-corrected chi connectivity index (χ2v) is 4.75. The normalized spacial score (nSPS) is 9.71. The molecule has 0 bridgehead atoms. The number of nitro groups is 1. The molecule has 0 amide bonds. The third-order valence-corrected chi connectivity index (χ3v) is 3.48. The molecule has 0 saturated carbocycles. The molecular formula is C11H12ClN5O3S. The van der Waals surface area contributed by atoms with Gasteiger partial charge in [0.05, 0.1) is 10.5 Å². The smallest absolute Gasteiger partial charge is 0.270 e. The Morgan fingerprint density at radius 1 is 1.43 bits per heavy atom. The van der Waals surface area contributed by atoms with Crippen molar-refractivity contribution in [3.63, 3.8) is 0 Å². The molecule has 1 aromatic carbocycles. The minimum absolute atomic E-state index is 0.0452. The molecule has 0 aliphatic heterocycles. The van der Waals surface area contributed by atoms with Crippen LogP contribution in [0.5, 0.6) is 0 Å². The first-order valence-electron chi connectivity index (χ1n) is 5.87. The molecule has 1 aromatic heterocycles. The molecule has 1 heterocycles. The number of halogens is 1.